The lowest BCUT2D eigenvalue weighted by atomic mass is 10.1. The molecule has 0 amide bonds. The van der Waals surface area contributed by atoms with E-state index in [-0.39, 0.29) is 0 Å². The molecule has 2 saturated heterocycles. The Hall–Kier alpha value is 0.620. The van der Waals surface area contributed by atoms with Gasteiger partial charge in [0, 0.05) is 35.1 Å². The van der Waals surface area contributed by atoms with Gasteiger partial charge in [0.15, 0.2) is 0 Å². The third-order valence-corrected chi connectivity index (χ3v) is 5.81. The molecule has 2 nitrogen and oxygen atoms in total. The molecule has 4 heteroatoms. The van der Waals surface area contributed by atoms with Crippen LogP contribution in [-0.2, 0) is 0 Å². The second kappa shape index (κ2) is 5.64. The summed E-state index contributed by atoms with van der Waals surface area (Å²) >= 11 is 4.28. The molecule has 82 valence electrons. The molecule has 1 unspecified atom stereocenters. The molecule has 2 heterocycles. The van der Waals surface area contributed by atoms with Gasteiger partial charge in [0.05, 0.1) is 0 Å². The van der Waals surface area contributed by atoms with Crippen LogP contribution in [0, 0.1) is 0 Å². The second-order valence-electron chi connectivity index (χ2n) is 4.21. The van der Waals surface area contributed by atoms with Gasteiger partial charge in [-0.1, -0.05) is 0 Å². The fourth-order valence-corrected chi connectivity index (χ4v) is 4.78. The maximum absolute atomic E-state index is 5.89. The summed E-state index contributed by atoms with van der Waals surface area (Å²) in [6, 6.07) is 0.472. The van der Waals surface area contributed by atoms with Gasteiger partial charge in [0.25, 0.3) is 0 Å². The van der Waals surface area contributed by atoms with Crippen LogP contribution in [0.3, 0.4) is 0 Å². The number of thioether (sulfide) groups is 2. The molecular formula is C10H20N2S2. The van der Waals surface area contributed by atoms with Crippen molar-refractivity contribution in [3.63, 3.8) is 0 Å². The van der Waals surface area contributed by atoms with Gasteiger partial charge >= 0.3 is 0 Å². The summed E-state index contributed by atoms with van der Waals surface area (Å²) in [7, 11) is 0. The number of hydrogen-bond donors (Lipinski definition) is 1. The van der Waals surface area contributed by atoms with Gasteiger partial charge in [-0.05, 0) is 25.9 Å². The third kappa shape index (κ3) is 3.33. The van der Waals surface area contributed by atoms with Gasteiger partial charge in [-0.3, -0.25) is 0 Å². The highest BCUT2D eigenvalue weighted by Crippen LogP contribution is 2.25. The third-order valence-electron chi connectivity index (χ3n) is 2.98. The number of hydrogen-bond acceptors (Lipinski definition) is 4. The SMILES string of the molecule is NC1CCN(CC2CSCCS2)CC1. The van der Waals surface area contributed by atoms with Gasteiger partial charge < -0.3 is 10.6 Å². The zero-order valence-corrected chi connectivity index (χ0v) is 10.3. The Morgan fingerprint density at radius 1 is 1.21 bits per heavy atom. The van der Waals surface area contributed by atoms with E-state index in [2.05, 4.69) is 28.4 Å². The first-order chi connectivity index (χ1) is 6.84. The van der Waals surface area contributed by atoms with Crippen LogP contribution in [0.15, 0.2) is 0 Å². The first-order valence-electron chi connectivity index (χ1n) is 5.52. The van der Waals surface area contributed by atoms with E-state index < -0.39 is 0 Å². The predicted molar refractivity (Wildman–Crippen MR) is 67.2 cm³/mol. The van der Waals surface area contributed by atoms with Crippen LogP contribution < -0.4 is 5.73 Å². The Morgan fingerprint density at radius 3 is 2.64 bits per heavy atom. The van der Waals surface area contributed by atoms with Crippen molar-refractivity contribution in [2.24, 2.45) is 5.73 Å². The van der Waals surface area contributed by atoms with Crippen LogP contribution in [0.1, 0.15) is 12.8 Å². The van der Waals surface area contributed by atoms with E-state index in [1.54, 1.807) is 0 Å². The molecule has 0 aromatic carbocycles. The van der Waals surface area contributed by atoms with E-state index in [1.807, 2.05) is 0 Å². The van der Waals surface area contributed by atoms with E-state index in [9.17, 15) is 0 Å². The Morgan fingerprint density at radius 2 is 2.00 bits per heavy atom. The fraction of sp³-hybridized carbons (Fsp3) is 1.00. The Bertz CT molecular complexity index is 164. The Kier molecular flexibility index (Phi) is 4.47. The lowest BCUT2D eigenvalue weighted by molar-refractivity contribution is 0.216. The summed E-state index contributed by atoms with van der Waals surface area (Å²) in [5.41, 5.74) is 5.89. The average Bonchev–Trinajstić information content (AvgIpc) is 2.23. The summed E-state index contributed by atoms with van der Waals surface area (Å²) in [6.07, 6.45) is 2.40. The summed E-state index contributed by atoms with van der Waals surface area (Å²) in [5, 5.41) is 0.878. The van der Waals surface area contributed by atoms with Crippen molar-refractivity contribution in [1.82, 2.24) is 4.90 Å². The Balaban J connectivity index is 1.68. The number of nitrogens with two attached hydrogens (primary N) is 1. The number of likely N-dealkylation sites (tertiary alicyclic amines) is 1. The highest BCUT2D eigenvalue weighted by Gasteiger charge is 2.21. The molecule has 2 rings (SSSR count). The summed E-state index contributed by atoms with van der Waals surface area (Å²) in [4.78, 5) is 2.60. The quantitative estimate of drug-likeness (QED) is 0.776. The van der Waals surface area contributed by atoms with Crippen LogP contribution >= 0.6 is 23.5 Å². The minimum atomic E-state index is 0.472. The molecule has 2 aliphatic heterocycles. The van der Waals surface area contributed by atoms with E-state index in [0.717, 1.165) is 5.25 Å². The van der Waals surface area contributed by atoms with E-state index in [4.69, 9.17) is 5.73 Å². The van der Waals surface area contributed by atoms with E-state index in [0.29, 0.717) is 6.04 Å². The minimum Gasteiger partial charge on any atom is -0.328 e. The molecule has 0 aliphatic carbocycles. The molecule has 0 saturated carbocycles. The van der Waals surface area contributed by atoms with Crippen molar-refractivity contribution in [2.45, 2.75) is 24.1 Å². The largest absolute Gasteiger partial charge is 0.328 e. The van der Waals surface area contributed by atoms with Gasteiger partial charge in [0.1, 0.15) is 0 Å². The summed E-state index contributed by atoms with van der Waals surface area (Å²) in [6.45, 7) is 3.75. The molecule has 0 bridgehead atoms. The maximum atomic E-state index is 5.89. The van der Waals surface area contributed by atoms with E-state index in [1.165, 1.54) is 49.7 Å². The van der Waals surface area contributed by atoms with Crippen molar-refractivity contribution >= 4 is 23.5 Å². The minimum absolute atomic E-state index is 0.472. The first kappa shape index (κ1) is 11.1. The molecule has 2 fully saturated rings. The van der Waals surface area contributed by atoms with E-state index >= 15 is 0 Å². The van der Waals surface area contributed by atoms with Gasteiger partial charge in [-0.2, -0.15) is 23.5 Å². The molecule has 0 aromatic heterocycles. The fourth-order valence-electron chi connectivity index (χ4n) is 2.07. The molecule has 2 aliphatic rings. The van der Waals surface area contributed by atoms with Crippen molar-refractivity contribution < 1.29 is 0 Å². The van der Waals surface area contributed by atoms with Crippen LogP contribution in [0.25, 0.3) is 0 Å². The van der Waals surface area contributed by atoms with Crippen LogP contribution in [-0.4, -0.2) is 53.1 Å². The topological polar surface area (TPSA) is 29.3 Å². The molecule has 0 aromatic rings. The van der Waals surface area contributed by atoms with Crippen LogP contribution in [0.2, 0.25) is 0 Å². The monoisotopic (exact) mass is 232 g/mol. The molecule has 1 atom stereocenters. The predicted octanol–water partition coefficient (Wildman–Crippen LogP) is 1.26. The lowest BCUT2D eigenvalue weighted by Gasteiger charge is -2.33. The van der Waals surface area contributed by atoms with Crippen molar-refractivity contribution in [3.8, 4) is 0 Å². The standard InChI is InChI=1S/C10H20N2S2/c11-9-1-3-12(4-2-9)7-10-8-13-5-6-14-10/h9-10H,1-8,11H2. The molecule has 0 spiro atoms. The normalized spacial score (nSPS) is 31.9. The van der Waals surface area contributed by atoms with Gasteiger partial charge in [-0.25, -0.2) is 0 Å². The van der Waals surface area contributed by atoms with Crippen LogP contribution in [0.4, 0.5) is 0 Å². The first-order valence-corrected chi connectivity index (χ1v) is 7.72. The Labute approximate surface area is 95.4 Å². The lowest BCUT2D eigenvalue weighted by Crippen LogP contribution is -2.43. The highest BCUT2D eigenvalue weighted by molar-refractivity contribution is 8.06. The average molecular weight is 232 g/mol. The van der Waals surface area contributed by atoms with Crippen molar-refractivity contribution in [3.05, 3.63) is 0 Å². The molecule has 0 radical (unpaired) electrons. The number of piperidine rings is 1. The molecule has 14 heavy (non-hydrogen) atoms. The number of rotatable bonds is 2. The zero-order chi connectivity index (χ0) is 9.80. The zero-order valence-electron chi connectivity index (χ0n) is 8.65. The van der Waals surface area contributed by atoms with Crippen molar-refractivity contribution in [1.29, 1.82) is 0 Å². The van der Waals surface area contributed by atoms with Gasteiger partial charge in [0.2, 0.25) is 0 Å². The molecular weight excluding hydrogens is 212 g/mol. The highest BCUT2D eigenvalue weighted by atomic mass is 32.2. The van der Waals surface area contributed by atoms with Gasteiger partial charge in [-0.15, -0.1) is 0 Å². The smallest absolute Gasteiger partial charge is 0.0265 e. The number of nitrogens with zero attached hydrogens (tertiary/aromatic N) is 1. The molecule has 2 N–H and O–H groups in total. The maximum Gasteiger partial charge on any atom is 0.0265 e. The summed E-state index contributed by atoms with van der Waals surface area (Å²) in [5.74, 6) is 4.06. The van der Waals surface area contributed by atoms with Crippen molar-refractivity contribution in [2.75, 3.05) is 36.9 Å². The summed E-state index contributed by atoms with van der Waals surface area (Å²) < 4.78 is 0. The second-order valence-corrected chi connectivity index (χ2v) is 6.76. The van der Waals surface area contributed by atoms with Crippen LogP contribution in [0.5, 0.6) is 0 Å².